The second-order valence-corrected chi connectivity index (χ2v) is 9.53. The molecule has 5 rings (SSSR count). The summed E-state index contributed by atoms with van der Waals surface area (Å²) in [5.74, 6) is 0.151. The number of likely N-dealkylation sites (tertiary alicyclic amines) is 1. The fraction of sp³-hybridized carbons (Fsp3) is 0.172. The van der Waals surface area contributed by atoms with Crippen LogP contribution >= 0.6 is 11.6 Å². The number of nitrogens with one attached hydrogen (secondary N) is 1. The Bertz CT molecular complexity index is 1440. The number of aromatic nitrogens is 3. The van der Waals surface area contributed by atoms with E-state index in [-0.39, 0.29) is 30.1 Å². The maximum absolute atomic E-state index is 13.3. The van der Waals surface area contributed by atoms with Gasteiger partial charge in [-0.3, -0.25) is 9.59 Å². The molecule has 10 heteroatoms. The fourth-order valence-electron chi connectivity index (χ4n) is 4.36. The fourth-order valence-corrected chi connectivity index (χ4v) is 4.49. The van der Waals surface area contributed by atoms with Crippen LogP contribution in [0.1, 0.15) is 12.0 Å². The quantitative estimate of drug-likeness (QED) is 0.319. The first kappa shape index (κ1) is 26.1. The van der Waals surface area contributed by atoms with Crippen LogP contribution in [0.2, 0.25) is 5.02 Å². The number of hydrogen-bond acceptors (Lipinski definition) is 5. The normalized spacial score (nSPS) is 16.9. The van der Waals surface area contributed by atoms with Gasteiger partial charge in [-0.1, -0.05) is 35.9 Å². The van der Waals surface area contributed by atoms with Crippen LogP contribution in [-0.2, 0) is 16.1 Å². The summed E-state index contributed by atoms with van der Waals surface area (Å²) in [5, 5.41) is 11.6. The molecule has 0 aliphatic carbocycles. The van der Waals surface area contributed by atoms with Crippen LogP contribution in [0.5, 0.6) is 11.5 Å². The minimum Gasteiger partial charge on any atom is -0.457 e. The summed E-state index contributed by atoms with van der Waals surface area (Å²) < 4.78 is 18.8. The van der Waals surface area contributed by atoms with Crippen LogP contribution < -0.4 is 10.1 Å². The van der Waals surface area contributed by atoms with Gasteiger partial charge in [-0.2, -0.15) is 15.0 Å². The number of ether oxygens (including phenoxy) is 1. The van der Waals surface area contributed by atoms with Crippen LogP contribution in [0.25, 0.3) is 6.08 Å². The SMILES string of the molecule is O=C(Nc1ccc(Oc2ccc(F)cc2)cc1)[C@@H]1CC(/C=C/c2ccc(Cl)cc2)CN1C(=O)Cn1nccn1. The van der Waals surface area contributed by atoms with Crippen molar-refractivity contribution in [2.75, 3.05) is 11.9 Å². The molecule has 0 bridgehead atoms. The topological polar surface area (TPSA) is 89.4 Å². The van der Waals surface area contributed by atoms with Gasteiger partial charge < -0.3 is 15.0 Å². The molecule has 8 nitrogen and oxygen atoms in total. The molecular weight excluding hydrogens is 521 g/mol. The molecule has 1 unspecified atom stereocenters. The van der Waals surface area contributed by atoms with Gasteiger partial charge in [0.05, 0.1) is 12.4 Å². The maximum atomic E-state index is 13.3. The van der Waals surface area contributed by atoms with E-state index in [0.717, 1.165) is 5.56 Å². The summed E-state index contributed by atoms with van der Waals surface area (Å²) in [4.78, 5) is 29.4. The van der Waals surface area contributed by atoms with Crippen molar-refractivity contribution in [2.24, 2.45) is 5.92 Å². The average molecular weight is 546 g/mol. The van der Waals surface area contributed by atoms with Crippen molar-refractivity contribution < 1.29 is 18.7 Å². The van der Waals surface area contributed by atoms with E-state index in [1.165, 1.54) is 41.5 Å². The van der Waals surface area contributed by atoms with Crippen molar-refractivity contribution >= 4 is 35.2 Å². The van der Waals surface area contributed by atoms with Gasteiger partial charge in [0.2, 0.25) is 11.8 Å². The van der Waals surface area contributed by atoms with Crippen LogP contribution in [0.4, 0.5) is 10.1 Å². The van der Waals surface area contributed by atoms with Crippen molar-refractivity contribution in [3.8, 4) is 11.5 Å². The molecule has 2 atom stereocenters. The van der Waals surface area contributed by atoms with Crippen molar-refractivity contribution in [1.82, 2.24) is 19.9 Å². The van der Waals surface area contributed by atoms with Crippen LogP contribution in [0.3, 0.4) is 0 Å². The van der Waals surface area contributed by atoms with Crippen molar-refractivity contribution in [1.29, 1.82) is 0 Å². The molecule has 1 aliphatic heterocycles. The number of anilines is 1. The average Bonchev–Trinajstić information content (AvgIpc) is 3.61. The molecule has 1 fully saturated rings. The molecule has 39 heavy (non-hydrogen) atoms. The largest absolute Gasteiger partial charge is 0.457 e. The van der Waals surface area contributed by atoms with Crippen LogP contribution in [0.15, 0.2) is 91.3 Å². The lowest BCUT2D eigenvalue weighted by molar-refractivity contribution is -0.137. The third-order valence-electron chi connectivity index (χ3n) is 6.30. The molecule has 0 spiro atoms. The number of amides is 2. The van der Waals surface area contributed by atoms with Gasteiger partial charge in [-0.05, 0) is 78.6 Å². The van der Waals surface area contributed by atoms with E-state index in [2.05, 4.69) is 15.5 Å². The van der Waals surface area contributed by atoms with E-state index in [0.29, 0.717) is 35.2 Å². The Balaban J connectivity index is 1.27. The molecule has 2 amide bonds. The minimum absolute atomic E-state index is 0.0163. The second kappa shape index (κ2) is 11.9. The molecule has 1 N–H and O–H groups in total. The lowest BCUT2D eigenvalue weighted by Gasteiger charge is -2.23. The van der Waals surface area contributed by atoms with E-state index in [9.17, 15) is 14.0 Å². The molecule has 2 heterocycles. The first-order valence-electron chi connectivity index (χ1n) is 12.3. The highest BCUT2D eigenvalue weighted by Crippen LogP contribution is 2.28. The zero-order valence-electron chi connectivity index (χ0n) is 20.8. The molecule has 0 radical (unpaired) electrons. The molecule has 1 aliphatic rings. The summed E-state index contributed by atoms with van der Waals surface area (Å²) in [5.41, 5.74) is 1.54. The number of rotatable bonds is 8. The maximum Gasteiger partial charge on any atom is 0.247 e. The lowest BCUT2D eigenvalue weighted by Crippen LogP contribution is -2.44. The number of carbonyl (C=O) groups is 2. The summed E-state index contributed by atoms with van der Waals surface area (Å²) in [6.07, 6.45) is 7.47. The first-order valence-corrected chi connectivity index (χ1v) is 12.7. The Kier molecular flexibility index (Phi) is 7.98. The second-order valence-electron chi connectivity index (χ2n) is 9.10. The molecule has 4 aromatic rings. The summed E-state index contributed by atoms with van der Waals surface area (Å²) in [6, 6.07) is 19.3. The number of carbonyl (C=O) groups excluding carboxylic acids is 2. The predicted molar refractivity (Wildman–Crippen MR) is 146 cm³/mol. The van der Waals surface area contributed by atoms with Gasteiger partial charge in [0.15, 0.2) is 0 Å². The van der Waals surface area contributed by atoms with E-state index in [4.69, 9.17) is 16.3 Å². The minimum atomic E-state index is -0.664. The molecule has 198 valence electrons. The van der Waals surface area contributed by atoms with E-state index in [1.807, 2.05) is 36.4 Å². The molecule has 1 aromatic heterocycles. The summed E-state index contributed by atoms with van der Waals surface area (Å²) in [7, 11) is 0. The van der Waals surface area contributed by atoms with Gasteiger partial charge in [0.25, 0.3) is 0 Å². The zero-order chi connectivity index (χ0) is 27.2. The van der Waals surface area contributed by atoms with Crippen LogP contribution in [0, 0.1) is 11.7 Å². The molecule has 3 aromatic carbocycles. The first-order chi connectivity index (χ1) is 18.9. The number of nitrogens with zero attached hydrogens (tertiary/aromatic N) is 4. The third kappa shape index (κ3) is 6.88. The number of hydrogen-bond donors (Lipinski definition) is 1. The van der Waals surface area contributed by atoms with Gasteiger partial charge in [0, 0.05) is 17.3 Å². The Morgan fingerprint density at radius 2 is 1.62 bits per heavy atom. The Morgan fingerprint density at radius 3 is 2.28 bits per heavy atom. The van der Waals surface area contributed by atoms with Gasteiger partial charge in [-0.25, -0.2) is 4.39 Å². The molecular formula is C29H25ClFN5O3. The highest BCUT2D eigenvalue weighted by molar-refractivity contribution is 6.30. The van der Waals surface area contributed by atoms with Gasteiger partial charge in [0.1, 0.15) is 29.9 Å². The summed E-state index contributed by atoms with van der Waals surface area (Å²) >= 11 is 5.98. The Hall–Kier alpha value is -4.50. The zero-order valence-corrected chi connectivity index (χ0v) is 21.5. The van der Waals surface area contributed by atoms with Crippen molar-refractivity contribution in [2.45, 2.75) is 19.0 Å². The highest BCUT2D eigenvalue weighted by atomic mass is 35.5. The Labute approximate surface area is 229 Å². The standard InChI is InChI=1S/C29H25ClFN5O3/c30-22-5-3-20(4-6-22)1-2-21-17-27(35(18-21)28(37)19-36-32-15-16-33-36)29(38)34-24-9-13-26(14-10-24)39-25-11-7-23(31)8-12-25/h1-16,21,27H,17-19H2,(H,34,38)/b2-1+/t21?,27-/m0/s1. The Morgan fingerprint density at radius 1 is 0.974 bits per heavy atom. The van der Waals surface area contributed by atoms with Crippen molar-refractivity contribution in [3.05, 3.63) is 108 Å². The summed E-state index contributed by atoms with van der Waals surface area (Å²) in [6.45, 7) is 0.340. The lowest BCUT2D eigenvalue weighted by atomic mass is 10.0. The van der Waals surface area contributed by atoms with Gasteiger partial charge in [-0.15, -0.1) is 0 Å². The third-order valence-corrected chi connectivity index (χ3v) is 6.55. The van der Waals surface area contributed by atoms with Gasteiger partial charge >= 0.3 is 0 Å². The molecule has 1 saturated heterocycles. The van der Waals surface area contributed by atoms with E-state index in [1.54, 1.807) is 29.2 Å². The number of benzene rings is 3. The van der Waals surface area contributed by atoms with Crippen molar-refractivity contribution in [3.63, 3.8) is 0 Å². The highest BCUT2D eigenvalue weighted by Gasteiger charge is 2.38. The van der Waals surface area contributed by atoms with E-state index >= 15 is 0 Å². The monoisotopic (exact) mass is 545 g/mol. The smallest absolute Gasteiger partial charge is 0.247 e. The number of halogens is 2. The van der Waals surface area contributed by atoms with E-state index < -0.39 is 6.04 Å². The predicted octanol–water partition coefficient (Wildman–Crippen LogP) is 5.43. The van der Waals surface area contributed by atoms with Crippen LogP contribution in [-0.4, -0.2) is 44.3 Å². The molecule has 0 saturated carbocycles.